The highest BCUT2D eigenvalue weighted by molar-refractivity contribution is 5.40. The summed E-state index contributed by atoms with van der Waals surface area (Å²) in [5.41, 5.74) is 8.86. The van der Waals surface area contributed by atoms with Crippen LogP contribution in [0.4, 0.5) is 0 Å². The number of fused-ring (bicyclic) bond motifs is 1. The molecule has 0 heterocycles. The Morgan fingerprint density at radius 2 is 2.08 bits per heavy atom. The van der Waals surface area contributed by atoms with Gasteiger partial charge in [-0.3, -0.25) is 0 Å². The molecule has 0 spiro atoms. The SMILES string of the molecule is CC[C@@H](COC)c1cc(O)ccc1[C@H]1CC[C@]2(C)[C@@H](O)CC[C@@]2(N)C1. The van der Waals surface area contributed by atoms with E-state index in [2.05, 4.69) is 19.9 Å². The van der Waals surface area contributed by atoms with Gasteiger partial charge in [-0.1, -0.05) is 19.9 Å². The number of phenolic OH excluding ortho intramolecular Hbond substituents is 1. The van der Waals surface area contributed by atoms with E-state index in [4.69, 9.17) is 10.5 Å². The molecule has 2 fully saturated rings. The van der Waals surface area contributed by atoms with Crippen LogP contribution in [0.3, 0.4) is 0 Å². The van der Waals surface area contributed by atoms with E-state index in [9.17, 15) is 10.2 Å². The van der Waals surface area contributed by atoms with Gasteiger partial charge in [0, 0.05) is 24.0 Å². The fourth-order valence-electron chi connectivity index (χ4n) is 5.28. The van der Waals surface area contributed by atoms with E-state index in [1.165, 1.54) is 11.1 Å². The summed E-state index contributed by atoms with van der Waals surface area (Å²) < 4.78 is 5.41. The molecule has 4 nitrogen and oxygen atoms in total. The van der Waals surface area contributed by atoms with Crippen molar-refractivity contribution in [3.63, 3.8) is 0 Å². The molecule has 0 aromatic heterocycles. The summed E-state index contributed by atoms with van der Waals surface area (Å²) in [4.78, 5) is 0. The zero-order valence-corrected chi connectivity index (χ0v) is 15.8. The van der Waals surface area contributed by atoms with Crippen molar-refractivity contribution < 1.29 is 14.9 Å². The van der Waals surface area contributed by atoms with E-state index in [0.717, 1.165) is 38.5 Å². The number of benzene rings is 1. The number of ether oxygens (including phenoxy) is 1. The van der Waals surface area contributed by atoms with Gasteiger partial charge in [-0.05, 0) is 67.7 Å². The highest BCUT2D eigenvalue weighted by atomic mass is 16.5. The standard InChI is InChI=1S/C21H33NO3/c1-4-14(13-25-3)18-11-16(23)5-6-17(18)15-7-9-20(2)19(24)8-10-21(20,22)12-15/h5-6,11,14-15,19,23-24H,4,7-10,12-13,22H2,1-3H3/t14-,15-,19-,20+,21+/m0/s1. The van der Waals surface area contributed by atoms with Gasteiger partial charge in [0.2, 0.25) is 0 Å². The quantitative estimate of drug-likeness (QED) is 0.760. The Balaban J connectivity index is 1.93. The molecule has 0 amide bonds. The topological polar surface area (TPSA) is 75.7 Å². The summed E-state index contributed by atoms with van der Waals surface area (Å²) in [6, 6.07) is 5.77. The van der Waals surface area contributed by atoms with Crippen LogP contribution in [0, 0.1) is 5.41 Å². The second-order valence-electron chi connectivity index (χ2n) is 8.44. The first-order valence-electron chi connectivity index (χ1n) is 9.63. The number of methoxy groups -OCH3 is 1. The average Bonchev–Trinajstić information content (AvgIpc) is 2.83. The van der Waals surface area contributed by atoms with Crippen LogP contribution >= 0.6 is 0 Å². The number of hydrogen-bond acceptors (Lipinski definition) is 4. The van der Waals surface area contributed by atoms with Crippen molar-refractivity contribution in [2.45, 2.75) is 75.9 Å². The minimum atomic E-state index is -0.298. The van der Waals surface area contributed by atoms with Crippen molar-refractivity contribution in [2.24, 2.45) is 11.1 Å². The first-order chi connectivity index (χ1) is 11.8. The molecular formula is C21H33NO3. The van der Waals surface area contributed by atoms with E-state index in [1.807, 2.05) is 6.07 Å². The van der Waals surface area contributed by atoms with Crippen LogP contribution < -0.4 is 5.73 Å². The number of aliphatic hydroxyl groups excluding tert-OH is 1. The van der Waals surface area contributed by atoms with E-state index < -0.39 is 0 Å². The summed E-state index contributed by atoms with van der Waals surface area (Å²) in [7, 11) is 1.73. The Hall–Kier alpha value is -1.10. The summed E-state index contributed by atoms with van der Waals surface area (Å²) >= 11 is 0. The summed E-state index contributed by atoms with van der Waals surface area (Å²) in [5.74, 6) is 0.973. The fourth-order valence-corrected chi connectivity index (χ4v) is 5.28. The van der Waals surface area contributed by atoms with Gasteiger partial charge in [-0.15, -0.1) is 0 Å². The maximum atomic E-state index is 10.5. The van der Waals surface area contributed by atoms with Crippen LogP contribution in [0.5, 0.6) is 5.75 Å². The van der Waals surface area contributed by atoms with Crippen LogP contribution in [0.1, 0.15) is 75.3 Å². The summed E-state index contributed by atoms with van der Waals surface area (Å²) in [5, 5.41) is 20.5. The van der Waals surface area contributed by atoms with E-state index in [0.29, 0.717) is 18.3 Å². The Morgan fingerprint density at radius 1 is 1.32 bits per heavy atom. The van der Waals surface area contributed by atoms with Crippen LogP contribution in [0.25, 0.3) is 0 Å². The van der Waals surface area contributed by atoms with Gasteiger partial charge in [0.1, 0.15) is 5.75 Å². The van der Waals surface area contributed by atoms with Crippen LogP contribution in [-0.4, -0.2) is 35.6 Å². The van der Waals surface area contributed by atoms with Gasteiger partial charge in [0.15, 0.2) is 0 Å². The number of rotatable bonds is 5. The third-order valence-electron chi connectivity index (χ3n) is 7.17. The Kier molecular flexibility index (Phi) is 5.16. The Bertz CT molecular complexity index is 619. The van der Waals surface area contributed by atoms with E-state index >= 15 is 0 Å². The molecular weight excluding hydrogens is 314 g/mol. The zero-order chi connectivity index (χ0) is 18.2. The number of aromatic hydroxyl groups is 1. The minimum absolute atomic E-state index is 0.169. The molecule has 3 rings (SSSR count). The van der Waals surface area contributed by atoms with Gasteiger partial charge >= 0.3 is 0 Å². The smallest absolute Gasteiger partial charge is 0.115 e. The number of phenols is 1. The molecule has 25 heavy (non-hydrogen) atoms. The Morgan fingerprint density at radius 3 is 2.76 bits per heavy atom. The Labute approximate surface area is 151 Å². The van der Waals surface area contributed by atoms with Crippen molar-refractivity contribution in [3.8, 4) is 5.75 Å². The molecule has 140 valence electrons. The maximum Gasteiger partial charge on any atom is 0.115 e. The van der Waals surface area contributed by atoms with Crippen LogP contribution in [0.15, 0.2) is 18.2 Å². The first-order valence-corrected chi connectivity index (χ1v) is 9.63. The van der Waals surface area contributed by atoms with Crippen molar-refractivity contribution in [1.82, 2.24) is 0 Å². The van der Waals surface area contributed by atoms with Gasteiger partial charge in [-0.2, -0.15) is 0 Å². The molecule has 0 saturated heterocycles. The number of aliphatic hydroxyl groups is 1. The minimum Gasteiger partial charge on any atom is -0.508 e. The largest absolute Gasteiger partial charge is 0.508 e. The molecule has 0 bridgehead atoms. The molecule has 1 aromatic carbocycles. The molecule has 2 aliphatic rings. The van der Waals surface area contributed by atoms with Crippen LogP contribution in [0.2, 0.25) is 0 Å². The number of nitrogens with two attached hydrogens (primary N) is 1. The molecule has 1 aromatic rings. The van der Waals surface area contributed by atoms with Gasteiger partial charge in [-0.25, -0.2) is 0 Å². The third-order valence-corrected chi connectivity index (χ3v) is 7.17. The molecule has 5 atom stereocenters. The molecule has 0 radical (unpaired) electrons. The average molecular weight is 347 g/mol. The second kappa shape index (κ2) is 6.90. The van der Waals surface area contributed by atoms with Crippen molar-refractivity contribution in [1.29, 1.82) is 0 Å². The molecule has 4 N–H and O–H groups in total. The predicted molar refractivity (Wildman–Crippen MR) is 99.9 cm³/mol. The maximum absolute atomic E-state index is 10.5. The van der Waals surface area contributed by atoms with Gasteiger partial charge in [0.25, 0.3) is 0 Å². The lowest BCUT2D eigenvalue weighted by atomic mass is 9.59. The second-order valence-corrected chi connectivity index (χ2v) is 8.44. The van der Waals surface area contributed by atoms with Crippen molar-refractivity contribution in [2.75, 3.05) is 13.7 Å². The summed E-state index contributed by atoms with van der Waals surface area (Å²) in [6.07, 6.45) is 5.29. The lowest BCUT2D eigenvalue weighted by Crippen LogP contribution is -2.57. The van der Waals surface area contributed by atoms with E-state index in [-0.39, 0.29) is 23.0 Å². The molecule has 0 unspecified atom stereocenters. The zero-order valence-electron chi connectivity index (χ0n) is 15.8. The van der Waals surface area contributed by atoms with Crippen LogP contribution in [-0.2, 0) is 4.74 Å². The molecule has 2 aliphatic carbocycles. The highest BCUT2D eigenvalue weighted by Crippen LogP contribution is 2.57. The van der Waals surface area contributed by atoms with Gasteiger partial charge < -0.3 is 20.7 Å². The first kappa shape index (κ1) is 18.7. The normalized spacial score (nSPS) is 36.2. The monoisotopic (exact) mass is 347 g/mol. The highest BCUT2D eigenvalue weighted by Gasteiger charge is 2.57. The third kappa shape index (κ3) is 3.09. The molecule has 0 aliphatic heterocycles. The van der Waals surface area contributed by atoms with E-state index in [1.54, 1.807) is 13.2 Å². The van der Waals surface area contributed by atoms with Crippen molar-refractivity contribution in [3.05, 3.63) is 29.3 Å². The fraction of sp³-hybridized carbons (Fsp3) is 0.714. The molecule has 2 saturated carbocycles. The van der Waals surface area contributed by atoms with Gasteiger partial charge in [0.05, 0.1) is 12.7 Å². The lowest BCUT2D eigenvalue weighted by molar-refractivity contribution is -0.00604. The lowest BCUT2D eigenvalue weighted by Gasteiger charge is -2.49. The molecule has 4 heteroatoms. The summed E-state index contributed by atoms with van der Waals surface area (Å²) in [6.45, 7) is 4.98. The van der Waals surface area contributed by atoms with Crippen molar-refractivity contribution >= 4 is 0 Å². The predicted octanol–water partition coefficient (Wildman–Crippen LogP) is 3.66. The number of hydrogen-bond donors (Lipinski definition) is 3.